The van der Waals surface area contributed by atoms with Crippen LogP contribution in [0, 0.1) is 15.9 Å². The Morgan fingerprint density at radius 3 is 2.54 bits per heavy atom. The zero-order valence-corrected chi connectivity index (χ0v) is 14.4. The molecule has 2 rings (SSSR count). The molecule has 2 amide bonds. The molecule has 10 nitrogen and oxygen atoms in total. The molecule has 0 fully saturated rings. The van der Waals surface area contributed by atoms with Gasteiger partial charge in [-0.25, -0.2) is 9.18 Å². The van der Waals surface area contributed by atoms with Crippen molar-refractivity contribution in [1.82, 2.24) is 10.9 Å². The van der Waals surface area contributed by atoms with Crippen LogP contribution in [0.2, 0.25) is 0 Å². The lowest BCUT2D eigenvalue weighted by Gasteiger charge is -2.09. The Hall–Kier alpha value is -4.02. The Morgan fingerprint density at radius 2 is 1.89 bits per heavy atom. The lowest BCUT2D eigenvalue weighted by atomic mass is 10.2. The van der Waals surface area contributed by atoms with Gasteiger partial charge in [0.05, 0.1) is 17.6 Å². The Balaban J connectivity index is 1.85. The number of halogens is 1. The number of ether oxygens (including phenoxy) is 2. The van der Waals surface area contributed by atoms with Gasteiger partial charge in [-0.15, -0.1) is 0 Å². The van der Waals surface area contributed by atoms with Gasteiger partial charge in [0, 0.05) is 23.8 Å². The summed E-state index contributed by atoms with van der Waals surface area (Å²) in [7, 11) is 1.33. The van der Waals surface area contributed by atoms with Crippen molar-refractivity contribution < 1.29 is 33.2 Å². The number of nitrogens with zero attached hydrogens (tertiary/aromatic N) is 1. The molecule has 0 aliphatic carbocycles. The lowest BCUT2D eigenvalue weighted by Crippen LogP contribution is -2.43. The molecule has 2 N–H and O–H groups in total. The van der Waals surface area contributed by atoms with Crippen LogP contribution in [-0.2, 0) is 9.53 Å². The highest BCUT2D eigenvalue weighted by atomic mass is 19.1. The maximum atomic E-state index is 13.8. The quantitative estimate of drug-likeness (QED) is 0.431. The van der Waals surface area contributed by atoms with Crippen LogP contribution in [0.3, 0.4) is 0 Å². The number of nitro groups is 1. The van der Waals surface area contributed by atoms with E-state index in [-0.39, 0.29) is 17.0 Å². The number of methoxy groups -OCH3 is 1. The van der Waals surface area contributed by atoms with Crippen LogP contribution in [0.4, 0.5) is 10.1 Å². The SMILES string of the molecule is COc1ccc(C(=O)OCC(=O)NNC(=O)c2cccc([N+](=O)[O-])c2)c(F)c1. The monoisotopic (exact) mass is 391 g/mol. The number of nitrogens with one attached hydrogen (secondary N) is 2. The van der Waals surface area contributed by atoms with Crippen molar-refractivity contribution in [2.45, 2.75) is 0 Å². The number of amides is 2. The summed E-state index contributed by atoms with van der Waals surface area (Å²) in [6.45, 7) is -0.792. The molecule has 0 heterocycles. The van der Waals surface area contributed by atoms with Gasteiger partial charge in [-0.1, -0.05) is 6.07 Å². The zero-order valence-electron chi connectivity index (χ0n) is 14.4. The van der Waals surface area contributed by atoms with E-state index in [1.54, 1.807) is 0 Å². The molecule has 0 saturated heterocycles. The van der Waals surface area contributed by atoms with E-state index >= 15 is 0 Å². The van der Waals surface area contributed by atoms with E-state index in [1.165, 1.54) is 31.4 Å². The molecule has 0 aromatic heterocycles. The molecule has 0 radical (unpaired) electrons. The van der Waals surface area contributed by atoms with Gasteiger partial charge in [0.2, 0.25) is 0 Å². The number of non-ortho nitro benzene ring substituents is 1. The van der Waals surface area contributed by atoms with E-state index in [1.807, 2.05) is 10.9 Å². The third-order valence-corrected chi connectivity index (χ3v) is 3.37. The second-order valence-corrected chi connectivity index (χ2v) is 5.23. The zero-order chi connectivity index (χ0) is 20.7. The molecule has 28 heavy (non-hydrogen) atoms. The normalized spacial score (nSPS) is 9.93. The topological polar surface area (TPSA) is 137 Å². The molecule has 2 aromatic rings. The Kier molecular flexibility index (Phi) is 6.58. The Bertz CT molecular complexity index is 933. The fraction of sp³-hybridized carbons (Fsp3) is 0.118. The predicted octanol–water partition coefficient (Wildman–Crippen LogP) is 1.36. The van der Waals surface area contributed by atoms with Gasteiger partial charge in [-0.3, -0.25) is 30.6 Å². The first-order valence-electron chi connectivity index (χ1n) is 7.66. The van der Waals surface area contributed by atoms with E-state index in [0.29, 0.717) is 0 Å². The number of benzene rings is 2. The van der Waals surface area contributed by atoms with Crippen LogP contribution < -0.4 is 15.6 Å². The smallest absolute Gasteiger partial charge is 0.341 e. The van der Waals surface area contributed by atoms with Gasteiger partial charge >= 0.3 is 5.97 Å². The summed E-state index contributed by atoms with van der Waals surface area (Å²) in [5.41, 5.74) is 3.23. The van der Waals surface area contributed by atoms with Gasteiger partial charge in [-0.2, -0.15) is 0 Å². The molecule has 2 aromatic carbocycles. The minimum absolute atomic E-state index is 0.0631. The first-order chi connectivity index (χ1) is 13.3. The second-order valence-electron chi connectivity index (χ2n) is 5.23. The third-order valence-electron chi connectivity index (χ3n) is 3.37. The highest BCUT2D eigenvalue weighted by Crippen LogP contribution is 2.17. The number of hydrazine groups is 1. The molecule has 146 valence electrons. The van der Waals surface area contributed by atoms with Gasteiger partial charge in [0.1, 0.15) is 11.6 Å². The summed E-state index contributed by atoms with van der Waals surface area (Å²) >= 11 is 0. The standard InChI is InChI=1S/C17H14FN3O7/c1-27-12-5-6-13(14(18)8-12)17(24)28-9-15(22)19-20-16(23)10-3-2-4-11(7-10)21(25)26/h2-8H,9H2,1H3,(H,19,22)(H,20,23). The van der Waals surface area contributed by atoms with Crippen molar-refractivity contribution in [3.63, 3.8) is 0 Å². The average molecular weight is 391 g/mol. The maximum Gasteiger partial charge on any atom is 0.341 e. The van der Waals surface area contributed by atoms with Crippen molar-refractivity contribution in [2.75, 3.05) is 13.7 Å². The summed E-state index contributed by atoms with van der Waals surface area (Å²) in [5.74, 6) is -3.48. The maximum absolute atomic E-state index is 13.8. The van der Waals surface area contributed by atoms with Crippen molar-refractivity contribution in [2.24, 2.45) is 0 Å². The van der Waals surface area contributed by atoms with E-state index in [9.17, 15) is 28.9 Å². The van der Waals surface area contributed by atoms with E-state index in [4.69, 9.17) is 4.74 Å². The van der Waals surface area contributed by atoms with E-state index < -0.39 is 40.7 Å². The van der Waals surface area contributed by atoms with Crippen LogP contribution in [-0.4, -0.2) is 36.4 Å². The molecule has 0 aliphatic rings. The average Bonchev–Trinajstić information content (AvgIpc) is 2.70. The van der Waals surface area contributed by atoms with E-state index in [0.717, 1.165) is 18.2 Å². The Labute approximate surface area is 157 Å². The fourth-order valence-electron chi connectivity index (χ4n) is 1.99. The number of nitro benzene ring substituents is 1. The van der Waals surface area contributed by atoms with Crippen molar-refractivity contribution >= 4 is 23.5 Å². The Morgan fingerprint density at radius 1 is 1.14 bits per heavy atom. The molecule has 11 heteroatoms. The van der Waals surface area contributed by atoms with Gasteiger partial charge < -0.3 is 9.47 Å². The van der Waals surface area contributed by atoms with Crippen LogP contribution >= 0.6 is 0 Å². The molecule has 0 bridgehead atoms. The first kappa shape index (κ1) is 20.3. The number of carbonyl (C=O) groups is 3. The van der Waals surface area contributed by atoms with Crippen molar-refractivity contribution in [3.05, 3.63) is 69.5 Å². The fourth-order valence-corrected chi connectivity index (χ4v) is 1.99. The summed E-state index contributed by atoms with van der Waals surface area (Å²) in [6.07, 6.45) is 0. The highest BCUT2D eigenvalue weighted by molar-refractivity contribution is 5.96. The van der Waals surface area contributed by atoms with Crippen LogP contribution in [0.25, 0.3) is 0 Å². The molecular weight excluding hydrogens is 377 g/mol. The van der Waals surface area contributed by atoms with Crippen molar-refractivity contribution in [3.8, 4) is 5.75 Å². The van der Waals surface area contributed by atoms with Crippen molar-refractivity contribution in [1.29, 1.82) is 0 Å². The second kappa shape index (κ2) is 9.07. The number of carbonyl (C=O) groups excluding carboxylic acids is 3. The number of hydrogen-bond donors (Lipinski definition) is 2. The molecule has 0 spiro atoms. The summed E-state index contributed by atoms with van der Waals surface area (Å²) < 4.78 is 23.2. The number of hydrogen-bond acceptors (Lipinski definition) is 7. The van der Waals surface area contributed by atoms with E-state index in [2.05, 4.69) is 4.74 Å². The van der Waals surface area contributed by atoms with Gasteiger partial charge in [-0.05, 0) is 18.2 Å². The molecule has 0 aliphatic heterocycles. The summed E-state index contributed by atoms with van der Waals surface area (Å²) in [5, 5.41) is 10.7. The highest BCUT2D eigenvalue weighted by Gasteiger charge is 2.16. The number of rotatable bonds is 6. The predicted molar refractivity (Wildman–Crippen MR) is 91.9 cm³/mol. The molecule has 0 atom stereocenters. The minimum Gasteiger partial charge on any atom is -0.497 e. The number of esters is 1. The largest absolute Gasteiger partial charge is 0.497 e. The molecule has 0 unspecified atom stereocenters. The van der Waals surface area contributed by atoms with Gasteiger partial charge in [0.15, 0.2) is 6.61 Å². The lowest BCUT2D eigenvalue weighted by molar-refractivity contribution is -0.384. The van der Waals surface area contributed by atoms with Crippen LogP contribution in [0.1, 0.15) is 20.7 Å². The minimum atomic E-state index is -1.08. The van der Waals surface area contributed by atoms with Crippen LogP contribution in [0.15, 0.2) is 42.5 Å². The molecular formula is C17H14FN3O7. The molecule has 0 saturated carbocycles. The van der Waals surface area contributed by atoms with Crippen LogP contribution in [0.5, 0.6) is 5.75 Å². The first-order valence-corrected chi connectivity index (χ1v) is 7.66. The third kappa shape index (κ3) is 5.24. The summed E-state index contributed by atoms with van der Waals surface area (Å²) in [6, 6.07) is 8.30. The summed E-state index contributed by atoms with van der Waals surface area (Å²) in [4.78, 5) is 45.3. The van der Waals surface area contributed by atoms with Gasteiger partial charge in [0.25, 0.3) is 17.5 Å².